The van der Waals surface area contributed by atoms with Crippen LogP contribution >= 0.6 is 11.8 Å². The number of aliphatic carboxylic acids is 1. The van der Waals surface area contributed by atoms with Crippen molar-refractivity contribution in [2.24, 2.45) is 29.1 Å². The average molecular weight is 1210 g/mol. The largest absolute Gasteiger partial charge is 0.481 e. The third-order valence-corrected chi connectivity index (χ3v) is 13.6. The Kier molecular flexibility index (Phi) is 36.6. The number of aliphatic hydroxyl groups is 1. The molecule has 0 radical (unpaired) electrons. The van der Waals surface area contributed by atoms with E-state index in [9.17, 15) is 67.7 Å². The highest BCUT2D eigenvalue weighted by atomic mass is 32.2. The summed E-state index contributed by atoms with van der Waals surface area (Å²) in [5, 5.41) is 50.8. The Hall–Kier alpha value is -7.09. The number of nitrogens with zero attached hydrogens (tertiary/aromatic N) is 1. The van der Waals surface area contributed by atoms with Crippen LogP contribution < -0.4 is 70.6 Å². The second kappa shape index (κ2) is 41.0. The molecule has 1 heterocycles. The van der Waals surface area contributed by atoms with Crippen LogP contribution in [0.15, 0.2) is 12.5 Å². The molecule has 0 aliphatic carbocycles. The zero-order valence-corrected chi connectivity index (χ0v) is 50.1. The number of hydrazine groups is 1. The first-order valence-electron chi connectivity index (χ1n) is 28.2. The topological polar surface area (TPSA) is 496 Å². The molecule has 0 bridgehead atoms. The molecule has 474 valence electrons. The van der Waals surface area contributed by atoms with Gasteiger partial charge in [-0.25, -0.2) is 10.4 Å². The van der Waals surface area contributed by atoms with Gasteiger partial charge in [0.15, 0.2) is 5.96 Å². The van der Waals surface area contributed by atoms with E-state index in [-0.39, 0.29) is 62.9 Å². The molecule has 1 aromatic rings. The van der Waals surface area contributed by atoms with E-state index in [0.717, 1.165) is 0 Å². The molecule has 1 rings (SSSR count). The maximum Gasteiger partial charge on any atom is 0.303 e. The number of imidazole rings is 1. The Labute approximate surface area is 494 Å². The van der Waals surface area contributed by atoms with Gasteiger partial charge in [-0.2, -0.15) is 11.8 Å². The molecule has 84 heavy (non-hydrogen) atoms. The van der Waals surface area contributed by atoms with Crippen molar-refractivity contribution in [3.05, 3.63) is 18.2 Å². The maximum atomic E-state index is 14.0. The third-order valence-electron chi connectivity index (χ3n) is 12.9. The number of nitrogens with one attached hydrogen (secondary N) is 12. The van der Waals surface area contributed by atoms with Crippen LogP contribution in [0.4, 0.5) is 0 Å². The number of aromatic amines is 1. The molecule has 0 saturated carbocycles. The minimum absolute atomic E-state index is 0.0347. The lowest BCUT2D eigenvalue weighted by Crippen LogP contribution is -2.60. The molecule has 31 heteroatoms. The van der Waals surface area contributed by atoms with E-state index in [2.05, 4.69) is 63.2 Å². The van der Waals surface area contributed by atoms with Crippen LogP contribution in [0.3, 0.4) is 0 Å². The fourth-order valence-corrected chi connectivity index (χ4v) is 8.94. The highest BCUT2D eigenvalue weighted by Gasteiger charge is 2.37. The summed E-state index contributed by atoms with van der Waals surface area (Å²) in [6.45, 7) is 10.6. The first kappa shape index (κ1) is 74.9. The SMILES string of the molecule is CSCCC(NC(=O)[C@H](CCCNC(=N)N)NC(=O)C(CCC(=O)O)NC(=O)[C@@H](NC(=O)CCCCCCCN[C@@H](CC(C)C)C(=O)C(=O)[C@H](Cc1cnc[nH]1)NC(=O)C(CC(N)=O)NC(=O)[C@H](CC(C)C)NN)[C@@H](C)O)C(=O)N[C@@H](C)C=O. The van der Waals surface area contributed by atoms with Gasteiger partial charge in [0.1, 0.15) is 42.5 Å². The number of rotatable bonds is 46. The number of hydrogen-bond donors (Lipinski definition) is 17. The highest BCUT2D eigenvalue weighted by Crippen LogP contribution is 2.14. The lowest BCUT2D eigenvalue weighted by atomic mass is 9.93. The quantitative estimate of drug-likeness (QED) is 0.00591. The van der Waals surface area contributed by atoms with Gasteiger partial charge in [-0.05, 0) is 95.6 Å². The van der Waals surface area contributed by atoms with E-state index in [1.54, 1.807) is 6.26 Å². The Balaban J connectivity index is 3.03. The lowest BCUT2D eigenvalue weighted by molar-refractivity contribution is -0.140. The van der Waals surface area contributed by atoms with Crippen molar-refractivity contribution >= 4 is 88.8 Å². The van der Waals surface area contributed by atoms with E-state index in [4.69, 9.17) is 22.7 Å². The number of guanidine groups is 1. The molecule has 0 fully saturated rings. The van der Waals surface area contributed by atoms with Gasteiger partial charge < -0.3 is 79.3 Å². The van der Waals surface area contributed by atoms with Crippen molar-refractivity contribution in [3.63, 3.8) is 0 Å². The number of nitrogens with two attached hydrogens (primary N) is 3. The molecule has 10 atom stereocenters. The fourth-order valence-electron chi connectivity index (χ4n) is 8.47. The number of aliphatic hydroxyl groups excluding tert-OH is 1. The molecular weight excluding hydrogens is 1120 g/mol. The summed E-state index contributed by atoms with van der Waals surface area (Å²) in [5.74, 6) is -4.01. The van der Waals surface area contributed by atoms with Crippen LogP contribution in [-0.2, 0) is 64.0 Å². The first-order valence-corrected chi connectivity index (χ1v) is 29.6. The number of Topliss-reactive ketones (excluding diaryl/α,β-unsaturated/α-hetero) is 2. The second-order valence-electron chi connectivity index (χ2n) is 21.4. The van der Waals surface area contributed by atoms with Gasteiger partial charge in [0.2, 0.25) is 58.8 Å². The highest BCUT2D eigenvalue weighted by molar-refractivity contribution is 7.98. The van der Waals surface area contributed by atoms with E-state index in [0.29, 0.717) is 62.8 Å². The molecule has 8 amide bonds. The zero-order valence-electron chi connectivity index (χ0n) is 49.3. The van der Waals surface area contributed by atoms with Gasteiger partial charge in [0, 0.05) is 37.7 Å². The summed E-state index contributed by atoms with van der Waals surface area (Å²) in [6, 6.07) is -11.3. The van der Waals surface area contributed by atoms with E-state index in [1.807, 2.05) is 27.7 Å². The number of carbonyl (C=O) groups excluding carboxylic acids is 11. The molecular formula is C53H92N16O14S. The van der Waals surface area contributed by atoms with Gasteiger partial charge in [-0.3, -0.25) is 64.0 Å². The summed E-state index contributed by atoms with van der Waals surface area (Å²) in [4.78, 5) is 164. The predicted molar refractivity (Wildman–Crippen MR) is 312 cm³/mol. The predicted octanol–water partition coefficient (Wildman–Crippen LogP) is -2.94. The van der Waals surface area contributed by atoms with E-state index >= 15 is 0 Å². The number of amides is 8. The zero-order chi connectivity index (χ0) is 63.5. The number of ketones is 2. The number of aromatic nitrogens is 2. The molecule has 0 aliphatic heterocycles. The molecule has 30 nitrogen and oxygen atoms in total. The minimum Gasteiger partial charge on any atom is -0.481 e. The van der Waals surface area contributed by atoms with Crippen LogP contribution in [0.25, 0.3) is 0 Å². The van der Waals surface area contributed by atoms with Crippen LogP contribution in [0.5, 0.6) is 0 Å². The number of H-pyrrole nitrogens is 1. The Morgan fingerprint density at radius 1 is 0.643 bits per heavy atom. The average Bonchev–Trinajstić information content (AvgIpc) is 3.98. The number of thioether (sulfide) groups is 1. The summed E-state index contributed by atoms with van der Waals surface area (Å²) < 4.78 is 0. The first-order chi connectivity index (χ1) is 39.6. The molecule has 0 saturated heterocycles. The number of carboxylic acid groups (broad SMARTS) is 1. The summed E-state index contributed by atoms with van der Waals surface area (Å²) in [5.41, 5.74) is 13.6. The van der Waals surface area contributed by atoms with Crippen LogP contribution in [0.2, 0.25) is 0 Å². The summed E-state index contributed by atoms with van der Waals surface area (Å²) >= 11 is 1.39. The molecule has 0 aliphatic rings. The Morgan fingerprint density at radius 2 is 1.17 bits per heavy atom. The Morgan fingerprint density at radius 3 is 1.71 bits per heavy atom. The van der Waals surface area contributed by atoms with Crippen LogP contribution in [0, 0.1) is 17.2 Å². The Bertz CT molecular complexity index is 2310. The van der Waals surface area contributed by atoms with Crippen molar-refractivity contribution in [1.82, 2.24) is 63.2 Å². The van der Waals surface area contributed by atoms with Gasteiger partial charge in [-0.15, -0.1) is 0 Å². The van der Waals surface area contributed by atoms with Crippen molar-refractivity contribution < 1.29 is 67.7 Å². The number of unbranched alkanes of at least 4 members (excludes halogenated alkanes) is 4. The minimum atomic E-state index is -1.59. The number of carboxylic acids is 1. The number of primary amides is 1. The van der Waals surface area contributed by atoms with Crippen molar-refractivity contribution in [2.45, 2.75) is 198 Å². The van der Waals surface area contributed by atoms with Crippen molar-refractivity contribution in [3.8, 4) is 0 Å². The normalized spacial score (nSPS) is 14.8. The summed E-state index contributed by atoms with van der Waals surface area (Å²) in [6.07, 6.45) is 5.19. The van der Waals surface area contributed by atoms with E-state index < -0.39 is 145 Å². The standard InChI is InChI=1S/C53H92N16O14S/c1-29(2)22-37(45(76)46(77)38(24-33-26-58-28-61-33)66-50(81)39(25-41(54)72)67-51(82)40(69-57)23-30(3)4)59-19-12-10-8-9-11-15-42(73)68-44(32(6)71)52(83)65-35(16-17-43(74)75)49(80)63-34(14-13-20-60-53(55)56)48(79)64-36(18-21-84-7)47(78)62-31(5)27-70/h26-32,34-40,44,59,69,71H,8-25,57H2,1-7H3,(H2,54,72)(H,58,61)(H,62,78)(H,63,80)(H,64,79)(H,65,83)(H,66,81)(H,67,82)(H,68,73)(H,74,75)(H4,55,56,60)/t31-,32+,34-,35?,36?,37-,38-,39?,40-,44-/m0/s1. The van der Waals surface area contributed by atoms with Gasteiger partial charge in [0.25, 0.3) is 0 Å². The van der Waals surface area contributed by atoms with Gasteiger partial charge >= 0.3 is 5.97 Å². The number of aldehydes is 1. The molecule has 20 N–H and O–H groups in total. The summed E-state index contributed by atoms with van der Waals surface area (Å²) in [7, 11) is 0. The fraction of sp³-hybridized carbons (Fsp3) is 0.698. The van der Waals surface area contributed by atoms with Gasteiger partial charge in [-0.1, -0.05) is 47.0 Å². The van der Waals surface area contributed by atoms with Gasteiger partial charge in [0.05, 0.1) is 37.0 Å². The van der Waals surface area contributed by atoms with Crippen LogP contribution in [-0.4, -0.2) is 183 Å². The molecule has 3 unspecified atom stereocenters. The second-order valence-corrected chi connectivity index (χ2v) is 22.4. The number of hydrogen-bond acceptors (Lipinski definition) is 19. The smallest absolute Gasteiger partial charge is 0.303 e. The maximum absolute atomic E-state index is 14.0. The third kappa shape index (κ3) is 31.0. The lowest BCUT2D eigenvalue weighted by Gasteiger charge is -2.27. The van der Waals surface area contributed by atoms with Crippen LogP contribution in [0.1, 0.15) is 137 Å². The van der Waals surface area contributed by atoms with Crippen molar-refractivity contribution in [1.29, 1.82) is 5.41 Å². The molecule has 0 aromatic carbocycles. The molecule has 1 aromatic heterocycles. The van der Waals surface area contributed by atoms with E-state index in [1.165, 1.54) is 38.1 Å². The number of carbonyl (C=O) groups is 12. The molecule has 0 spiro atoms. The van der Waals surface area contributed by atoms with Crippen molar-refractivity contribution in [2.75, 3.05) is 25.1 Å². The monoisotopic (exact) mass is 1210 g/mol.